The highest BCUT2D eigenvalue weighted by atomic mass is 16.5. The van der Waals surface area contributed by atoms with E-state index in [0.717, 1.165) is 28.1 Å². The largest absolute Gasteiger partial charge is 0.497 e. The summed E-state index contributed by atoms with van der Waals surface area (Å²) < 4.78 is 5.35. The van der Waals surface area contributed by atoms with E-state index in [1.54, 1.807) is 7.11 Å². The lowest BCUT2D eigenvalue weighted by molar-refractivity contribution is -0.139. The second kappa shape index (κ2) is 9.99. The molecule has 1 aliphatic rings. The normalized spacial score (nSPS) is 16.8. The topological polar surface area (TPSA) is 91.8 Å². The van der Waals surface area contributed by atoms with E-state index in [9.17, 15) is 9.59 Å². The standard InChI is InChI=1S/C26H26N4O3/c1-17(18-9-4-3-5-10-18)27-25(31)26(32)30-29-24-16-23(19-11-8-12-20(15-19)33-2)28-22-14-7-6-13-21(22)24/h3-15,17,23,28H,16H2,1-2H3,(H,27,31)(H,30,32)/b29-24+. The van der Waals surface area contributed by atoms with E-state index in [2.05, 4.69) is 21.2 Å². The number of hydrogen-bond donors (Lipinski definition) is 3. The van der Waals surface area contributed by atoms with Crippen LogP contribution in [0.25, 0.3) is 0 Å². The second-order valence-electron chi connectivity index (χ2n) is 7.83. The maximum absolute atomic E-state index is 12.4. The first kappa shape index (κ1) is 22.1. The van der Waals surface area contributed by atoms with E-state index in [1.165, 1.54) is 0 Å². The zero-order valence-corrected chi connectivity index (χ0v) is 18.5. The number of benzene rings is 3. The van der Waals surface area contributed by atoms with Crippen LogP contribution in [0.2, 0.25) is 0 Å². The van der Waals surface area contributed by atoms with Crippen molar-refractivity contribution >= 4 is 23.2 Å². The van der Waals surface area contributed by atoms with Gasteiger partial charge in [-0.25, -0.2) is 5.43 Å². The van der Waals surface area contributed by atoms with Gasteiger partial charge in [0.2, 0.25) is 0 Å². The molecule has 7 nitrogen and oxygen atoms in total. The predicted molar refractivity (Wildman–Crippen MR) is 128 cm³/mol. The number of nitrogens with zero attached hydrogens (tertiary/aromatic N) is 1. The fourth-order valence-corrected chi connectivity index (χ4v) is 3.82. The molecule has 7 heteroatoms. The summed E-state index contributed by atoms with van der Waals surface area (Å²) in [6, 6.07) is 24.7. The molecule has 0 aliphatic carbocycles. The summed E-state index contributed by atoms with van der Waals surface area (Å²) in [5.41, 5.74) is 6.87. The number of nitrogens with one attached hydrogen (secondary N) is 3. The van der Waals surface area contributed by atoms with Gasteiger partial charge in [-0.15, -0.1) is 0 Å². The van der Waals surface area contributed by atoms with Gasteiger partial charge < -0.3 is 15.4 Å². The molecule has 4 rings (SSSR count). The van der Waals surface area contributed by atoms with Gasteiger partial charge >= 0.3 is 11.8 Å². The maximum Gasteiger partial charge on any atom is 0.329 e. The summed E-state index contributed by atoms with van der Waals surface area (Å²) >= 11 is 0. The lowest BCUT2D eigenvalue weighted by atomic mass is 9.92. The van der Waals surface area contributed by atoms with E-state index in [0.29, 0.717) is 12.1 Å². The number of anilines is 1. The summed E-state index contributed by atoms with van der Waals surface area (Å²) in [6.07, 6.45) is 0.534. The van der Waals surface area contributed by atoms with Gasteiger partial charge in [0.1, 0.15) is 5.75 Å². The molecule has 3 aromatic rings. The number of carbonyl (C=O) groups excluding carboxylic acids is 2. The van der Waals surface area contributed by atoms with Crippen LogP contribution in [0, 0.1) is 0 Å². The average molecular weight is 443 g/mol. The Bertz CT molecular complexity index is 1180. The number of rotatable bonds is 5. The molecule has 168 valence electrons. The van der Waals surface area contributed by atoms with Gasteiger partial charge in [-0.1, -0.05) is 60.7 Å². The Kier molecular flexibility index (Phi) is 6.69. The van der Waals surface area contributed by atoms with Gasteiger partial charge in [-0.2, -0.15) is 5.10 Å². The fraction of sp³-hybridized carbons (Fsp3) is 0.192. The molecule has 33 heavy (non-hydrogen) atoms. The lowest BCUT2D eigenvalue weighted by Gasteiger charge is -2.28. The molecule has 0 saturated carbocycles. The molecule has 0 radical (unpaired) electrons. The molecule has 0 fully saturated rings. The highest BCUT2D eigenvalue weighted by Crippen LogP contribution is 2.33. The molecule has 0 spiro atoms. The van der Waals surface area contributed by atoms with Crippen LogP contribution < -0.4 is 20.8 Å². The first-order valence-corrected chi connectivity index (χ1v) is 10.8. The molecule has 0 bridgehead atoms. The van der Waals surface area contributed by atoms with E-state index in [-0.39, 0.29) is 12.1 Å². The highest BCUT2D eigenvalue weighted by Gasteiger charge is 2.25. The second-order valence-corrected chi connectivity index (χ2v) is 7.83. The summed E-state index contributed by atoms with van der Waals surface area (Å²) in [5.74, 6) is -0.773. The van der Waals surface area contributed by atoms with Crippen molar-refractivity contribution in [3.05, 3.63) is 95.6 Å². The van der Waals surface area contributed by atoms with Crippen molar-refractivity contribution in [2.75, 3.05) is 12.4 Å². The van der Waals surface area contributed by atoms with Gasteiger partial charge in [0, 0.05) is 17.7 Å². The zero-order valence-electron chi connectivity index (χ0n) is 18.5. The summed E-state index contributed by atoms with van der Waals surface area (Å²) in [7, 11) is 1.63. The van der Waals surface area contributed by atoms with Gasteiger partial charge in [0.15, 0.2) is 0 Å². The molecule has 2 amide bonds. The number of hydrazone groups is 1. The molecule has 0 aromatic heterocycles. The van der Waals surface area contributed by atoms with Gasteiger partial charge in [-0.3, -0.25) is 9.59 Å². The SMILES string of the molecule is COc1cccc(C2C/C(=N\NC(=O)C(=O)NC(C)c3ccccc3)c3ccccc3N2)c1. The minimum Gasteiger partial charge on any atom is -0.497 e. The number of hydrogen-bond acceptors (Lipinski definition) is 5. The van der Waals surface area contributed by atoms with Crippen molar-refractivity contribution in [2.45, 2.75) is 25.4 Å². The minimum absolute atomic E-state index is 0.0578. The van der Waals surface area contributed by atoms with Crippen molar-refractivity contribution in [1.82, 2.24) is 10.7 Å². The van der Waals surface area contributed by atoms with Crippen molar-refractivity contribution in [3.8, 4) is 5.75 Å². The van der Waals surface area contributed by atoms with Gasteiger partial charge in [-0.05, 0) is 36.2 Å². The third-order valence-electron chi connectivity index (χ3n) is 5.61. The van der Waals surface area contributed by atoms with Crippen LogP contribution in [0.4, 0.5) is 5.69 Å². The number of amides is 2. The third kappa shape index (κ3) is 5.20. The van der Waals surface area contributed by atoms with Crippen LogP contribution in [0.15, 0.2) is 84.0 Å². The van der Waals surface area contributed by atoms with Crippen LogP contribution in [0.3, 0.4) is 0 Å². The smallest absolute Gasteiger partial charge is 0.329 e. The Hall–Kier alpha value is -4.13. The molecular formula is C26H26N4O3. The molecular weight excluding hydrogens is 416 g/mol. The molecule has 1 heterocycles. The van der Waals surface area contributed by atoms with Crippen molar-refractivity contribution < 1.29 is 14.3 Å². The Morgan fingerprint density at radius 2 is 1.76 bits per heavy atom. The highest BCUT2D eigenvalue weighted by molar-refractivity contribution is 6.35. The number of fused-ring (bicyclic) bond motifs is 1. The van der Waals surface area contributed by atoms with Crippen molar-refractivity contribution in [3.63, 3.8) is 0 Å². The lowest BCUT2D eigenvalue weighted by Crippen LogP contribution is -2.39. The molecule has 1 aliphatic heterocycles. The number of ether oxygens (including phenoxy) is 1. The third-order valence-corrected chi connectivity index (χ3v) is 5.61. The Labute approximate surface area is 192 Å². The van der Waals surface area contributed by atoms with E-state index in [1.807, 2.05) is 85.8 Å². The predicted octanol–water partition coefficient (Wildman–Crippen LogP) is 3.95. The van der Waals surface area contributed by atoms with Crippen molar-refractivity contribution in [2.24, 2.45) is 5.10 Å². The Morgan fingerprint density at radius 1 is 1.00 bits per heavy atom. The van der Waals surface area contributed by atoms with E-state index >= 15 is 0 Å². The van der Waals surface area contributed by atoms with Crippen LogP contribution >= 0.6 is 0 Å². The maximum atomic E-state index is 12.4. The monoisotopic (exact) mass is 442 g/mol. The zero-order chi connectivity index (χ0) is 23.2. The fourth-order valence-electron chi connectivity index (χ4n) is 3.82. The summed E-state index contributed by atoms with van der Waals surface area (Å²) in [6.45, 7) is 1.83. The number of para-hydroxylation sites is 1. The Morgan fingerprint density at radius 3 is 2.55 bits per heavy atom. The number of carbonyl (C=O) groups is 2. The van der Waals surface area contributed by atoms with Crippen molar-refractivity contribution in [1.29, 1.82) is 0 Å². The van der Waals surface area contributed by atoms with Gasteiger partial charge in [0.25, 0.3) is 0 Å². The van der Waals surface area contributed by atoms with E-state index in [4.69, 9.17) is 4.74 Å². The van der Waals surface area contributed by atoms with E-state index < -0.39 is 11.8 Å². The Balaban J connectivity index is 1.49. The van der Waals surface area contributed by atoms with Crippen LogP contribution in [-0.4, -0.2) is 24.6 Å². The molecule has 2 unspecified atom stereocenters. The summed E-state index contributed by atoms with van der Waals surface area (Å²) in [4.78, 5) is 24.8. The molecule has 3 aromatic carbocycles. The average Bonchev–Trinajstić information content (AvgIpc) is 2.87. The quantitative estimate of drug-likeness (QED) is 0.412. The molecule has 3 N–H and O–H groups in total. The van der Waals surface area contributed by atoms with Crippen LogP contribution in [0.1, 0.15) is 42.1 Å². The van der Waals surface area contributed by atoms with Crippen LogP contribution in [0.5, 0.6) is 5.75 Å². The number of methoxy groups -OCH3 is 1. The van der Waals surface area contributed by atoms with Gasteiger partial charge in [0.05, 0.1) is 24.9 Å². The summed E-state index contributed by atoms with van der Waals surface area (Å²) in [5, 5.41) is 10.6. The first-order valence-electron chi connectivity index (χ1n) is 10.8. The molecule has 2 atom stereocenters. The first-order chi connectivity index (χ1) is 16.0. The van der Waals surface area contributed by atoms with Crippen LogP contribution in [-0.2, 0) is 9.59 Å². The molecule has 0 saturated heterocycles. The minimum atomic E-state index is -0.806.